The molecule has 1 atom stereocenters. The predicted molar refractivity (Wildman–Crippen MR) is 107 cm³/mol. The van der Waals surface area contributed by atoms with E-state index in [-0.39, 0.29) is 49.8 Å². The summed E-state index contributed by atoms with van der Waals surface area (Å²) < 4.78 is 35.1. The fourth-order valence-electron chi connectivity index (χ4n) is 1.38. The SMILES string of the molecule is C=C(C)C(=O)OOP(=O)(OOC(=O)C(=C)C)OOC(=O)/C(C)=C/C(O)COCCOCCO. The van der Waals surface area contributed by atoms with Crippen LogP contribution in [0.3, 0.4) is 0 Å². The zero-order valence-corrected chi connectivity index (χ0v) is 19.2. The summed E-state index contributed by atoms with van der Waals surface area (Å²) in [5, 5.41) is 18.4. The molecule has 0 aliphatic heterocycles. The Morgan fingerprint density at radius 1 is 0.848 bits per heavy atom. The van der Waals surface area contributed by atoms with Gasteiger partial charge in [0.15, 0.2) is 0 Å². The Kier molecular flexibility index (Phi) is 15.0. The zero-order valence-electron chi connectivity index (χ0n) is 18.3. The minimum absolute atomic E-state index is 0.126. The van der Waals surface area contributed by atoms with E-state index in [1.165, 1.54) is 20.8 Å². The van der Waals surface area contributed by atoms with Crippen molar-refractivity contribution in [2.45, 2.75) is 26.9 Å². The molecule has 15 heteroatoms. The van der Waals surface area contributed by atoms with Crippen LogP contribution in [0.1, 0.15) is 20.8 Å². The standard InChI is InChI=1S/C18H27O14P/c1-12(2)16(21)27-30-33(24,31-28-17(22)13(3)4)32-29-18(23)14(5)10-15(20)11-26-9-8-25-7-6-19/h10,15,19-20H,1,3,6-9,11H2,2,4-5H3/b14-10+. The predicted octanol–water partition coefficient (Wildman–Crippen LogP) is 1.00. The molecule has 0 aliphatic carbocycles. The Hall–Kier alpha value is -2.42. The number of rotatable bonds is 17. The molecule has 1 unspecified atom stereocenters. The molecule has 0 bridgehead atoms. The second kappa shape index (κ2) is 16.2. The lowest BCUT2D eigenvalue weighted by Gasteiger charge is -2.13. The molecule has 0 aromatic rings. The van der Waals surface area contributed by atoms with Crippen LogP contribution in [0.25, 0.3) is 0 Å². The Morgan fingerprint density at radius 2 is 1.30 bits per heavy atom. The van der Waals surface area contributed by atoms with Crippen LogP contribution >= 0.6 is 7.82 Å². The number of ether oxygens (including phenoxy) is 2. The molecule has 0 aromatic heterocycles. The van der Waals surface area contributed by atoms with Crippen molar-refractivity contribution < 1.29 is 67.3 Å². The zero-order chi connectivity index (χ0) is 25.4. The molecule has 0 rings (SSSR count). The summed E-state index contributed by atoms with van der Waals surface area (Å²) in [7, 11) is -5.12. The topological polar surface area (TPSA) is 183 Å². The molecular weight excluding hydrogens is 471 g/mol. The Labute approximate surface area is 189 Å². The van der Waals surface area contributed by atoms with Gasteiger partial charge < -0.3 is 19.7 Å². The summed E-state index contributed by atoms with van der Waals surface area (Å²) in [6.07, 6.45) is -0.197. The van der Waals surface area contributed by atoms with Crippen molar-refractivity contribution in [1.82, 2.24) is 0 Å². The fraction of sp³-hybridized carbons (Fsp3) is 0.500. The summed E-state index contributed by atoms with van der Waals surface area (Å²) >= 11 is 0. The van der Waals surface area contributed by atoms with E-state index in [9.17, 15) is 24.1 Å². The lowest BCUT2D eigenvalue weighted by atomic mass is 10.2. The third-order valence-electron chi connectivity index (χ3n) is 2.97. The van der Waals surface area contributed by atoms with Gasteiger partial charge >= 0.3 is 25.7 Å². The summed E-state index contributed by atoms with van der Waals surface area (Å²) in [5.74, 6) is -3.62. The summed E-state index contributed by atoms with van der Waals surface area (Å²) in [5.41, 5.74) is -0.535. The second-order valence-electron chi connectivity index (χ2n) is 6.17. The van der Waals surface area contributed by atoms with Gasteiger partial charge in [0.05, 0.1) is 39.1 Å². The molecule has 188 valence electrons. The summed E-state index contributed by atoms with van der Waals surface area (Å²) in [6, 6.07) is 0. The molecule has 0 saturated heterocycles. The normalized spacial score (nSPS) is 12.6. The van der Waals surface area contributed by atoms with Crippen LogP contribution in [-0.4, -0.2) is 67.3 Å². The number of phosphoric acid groups is 1. The number of aliphatic hydroxyl groups excluding tert-OH is 2. The highest BCUT2D eigenvalue weighted by Crippen LogP contribution is 2.50. The highest BCUT2D eigenvalue weighted by atomic mass is 31.2. The van der Waals surface area contributed by atoms with Gasteiger partial charge in [-0.2, -0.15) is 0 Å². The van der Waals surface area contributed by atoms with Crippen molar-refractivity contribution in [3.63, 3.8) is 0 Å². The molecule has 0 amide bonds. The summed E-state index contributed by atoms with van der Waals surface area (Å²) in [4.78, 5) is 47.3. The van der Waals surface area contributed by atoms with Gasteiger partial charge in [0, 0.05) is 16.7 Å². The lowest BCUT2D eigenvalue weighted by Crippen LogP contribution is -2.18. The van der Waals surface area contributed by atoms with Crippen LogP contribution < -0.4 is 0 Å². The first-order chi connectivity index (χ1) is 15.4. The van der Waals surface area contributed by atoms with Crippen molar-refractivity contribution in [3.8, 4) is 0 Å². The van der Waals surface area contributed by atoms with Crippen LogP contribution in [0.5, 0.6) is 0 Å². The third-order valence-corrected chi connectivity index (χ3v) is 3.74. The third kappa shape index (κ3) is 14.4. The highest BCUT2D eigenvalue weighted by molar-refractivity contribution is 7.48. The Balaban J connectivity index is 4.86. The minimum Gasteiger partial charge on any atom is -0.394 e. The maximum atomic E-state index is 12.4. The van der Waals surface area contributed by atoms with E-state index in [1.54, 1.807) is 0 Å². The average Bonchev–Trinajstić information content (AvgIpc) is 2.76. The molecule has 0 aliphatic rings. The van der Waals surface area contributed by atoms with Crippen LogP contribution in [0.2, 0.25) is 0 Å². The van der Waals surface area contributed by atoms with Crippen LogP contribution in [0.15, 0.2) is 36.0 Å². The van der Waals surface area contributed by atoms with E-state index >= 15 is 0 Å². The van der Waals surface area contributed by atoms with Gasteiger partial charge in [-0.05, 0) is 26.8 Å². The Morgan fingerprint density at radius 3 is 1.76 bits per heavy atom. The first-order valence-corrected chi connectivity index (χ1v) is 10.6. The van der Waals surface area contributed by atoms with Crippen LogP contribution in [-0.2, 0) is 57.1 Å². The number of aliphatic hydroxyl groups is 2. The molecule has 0 fully saturated rings. The molecule has 0 spiro atoms. The number of carbonyl (C=O) groups excluding carboxylic acids is 3. The van der Waals surface area contributed by atoms with Gasteiger partial charge in [0.25, 0.3) is 0 Å². The highest BCUT2D eigenvalue weighted by Gasteiger charge is 2.38. The summed E-state index contributed by atoms with van der Waals surface area (Å²) in [6.45, 7) is 10.3. The molecule has 0 aromatic carbocycles. The van der Waals surface area contributed by atoms with Gasteiger partial charge in [-0.3, -0.25) is 14.7 Å². The van der Waals surface area contributed by atoms with Crippen molar-refractivity contribution in [2.24, 2.45) is 0 Å². The molecule has 14 nitrogen and oxygen atoms in total. The largest absolute Gasteiger partial charge is 0.584 e. The number of hydrogen-bond acceptors (Lipinski definition) is 14. The maximum Gasteiger partial charge on any atom is 0.584 e. The first-order valence-electron chi connectivity index (χ1n) is 9.17. The van der Waals surface area contributed by atoms with Gasteiger partial charge in [-0.15, -0.1) is 0 Å². The minimum atomic E-state index is -5.12. The second-order valence-corrected chi connectivity index (χ2v) is 7.51. The van der Waals surface area contributed by atoms with E-state index in [0.29, 0.717) is 0 Å². The number of hydrogen-bond donors (Lipinski definition) is 2. The average molecular weight is 498 g/mol. The monoisotopic (exact) mass is 498 g/mol. The lowest BCUT2D eigenvalue weighted by molar-refractivity contribution is -0.293. The van der Waals surface area contributed by atoms with Gasteiger partial charge in [-0.25, -0.2) is 18.9 Å². The van der Waals surface area contributed by atoms with E-state index < -0.39 is 31.8 Å². The smallest absolute Gasteiger partial charge is 0.394 e. The van der Waals surface area contributed by atoms with Gasteiger partial charge in [0.1, 0.15) is 0 Å². The van der Waals surface area contributed by atoms with Crippen molar-refractivity contribution in [1.29, 1.82) is 0 Å². The van der Waals surface area contributed by atoms with Crippen molar-refractivity contribution >= 4 is 25.7 Å². The first kappa shape index (κ1) is 30.6. The van der Waals surface area contributed by atoms with E-state index in [1.807, 2.05) is 0 Å². The quantitative estimate of drug-likeness (QED) is 0.0952. The van der Waals surface area contributed by atoms with E-state index in [2.05, 4.69) is 41.8 Å². The maximum absolute atomic E-state index is 12.4. The van der Waals surface area contributed by atoms with Crippen molar-refractivity contribution in [2.75, 3.05) is 33.0 Å². The van der Waals surface area contributed by atoms with Gasteiger partial charge in [0.2, 0.25) is 0 Å². The fourth-order valence-corrected chi connectivity index (χ4v) is 1.93. The molecular formula is C18H27O14P. The Bertz CT molecular complexity index is 740. The molecule has 0 heterocycles. The molecule has 0 radical (unpaired) electrons. The number of carbonyl (C=O) groups is 3. The molecule has 33 heavy (non-hydrogen) atoms. The van der Waals surface area contributed by atoms with Crippen LogP contribution in [0, 0.1) is 0 Å². The van der Waals surface area contributed by atoms with E-state index in [4.69, 9.17) is 14.6 Å². The van der Waals surface area contributed by atoms with Crippen molar-refractivity contribution in [3.05, 3.63) is 36.0 Å². The van der Waals surface area contributed by atoms with Crippen LogP contribution in [0.4, 0.5) is 0 Å². The van der Waals surface area contributed by atoms with Gasteiger partial charge in [-0.1, -0.05) is 27.2 Å². The molecule has 2 N–H and O–H groups in total. The van der Waals surface area contributed by atoms with E-state index in [0.717, 1.165) is 6.08 Å². The molecule has 0 saturated carbocycles.